The van der Waals surface area contributed by atoms with E-state index in [9.17, 15) is 0 Å². The number of rotatable bonds is 7. The standard InChI is InChI=1S/C25H31ClN4O/c1-18(23-6-4-5-7-25(23)29-12-14-31-15-13-29)27-16-24-19(2)28-30(20(24)3)17-21-8-10-22(26)11-9-21/h4-11,18,27H,12-17H2,1-3H3. The number of hydrogen-bond donors (Lipinski definition) is 1. The van der Waals surface area contributed by atoms with Crippen molar-refractivity contribution in [2.75, 3.05) is 31.2 Å². The molecule has 6 heteroatoms. The van der Waals surface area contributed by atoms with Crippen LogP contribution in [-0.2, 0) is 17.8 Å². The van der Waals surface area contributed by atoms with E-state index in [1.54, 1.807) is 0 Å². The van der Waals surface area contributed by atoms with Crippen molar-refractivity contribution in [3.8, 4) is 0 Å². The molecule has 1 saturated heterocycles. The van der Waals surface area contributed by atoms with Gasteiger partial charge in [0.15, 0.2) is 0 Å². The molecule has 0 aliphatic carbocycles. The molecule has 1 N–H and O–H groups in total. The average Bonchev–Trinajstić information content (AvgIpc) is 3.06. The van der Waals surface area contributed by atoms with Gasteiger partial charge in [-0.3, -0.25) is 4.68 Å². The summed E-state index contributed by atoms with van der Waals surface area (Å²) in [5.41, 5.74) is 7.37. The third-order valence-electron chi connectivity index (χ3n) is 6.12. The van der Waals surface area contributed by atoms with Crippen LogP contribution in [0, 0.1) is 13.8 Å². The van der Waals surface area contributed by atoms with Gasteiger partial charge in [-0.05, 0) is 50.1 Å². The number of hydrogen-bond acceptors (Lipinski definition) is 4. The van der Waals surface area contributed by atoms with Crippen LogP contribution < -0.4 is 10.2 Å². The first kappa shape index (κ1) is 21.9. The van der Waals surface area contributed by atoms with E-state index in [0.29, 0.717) is 0 Å². The SMILES string of the molecule is Cc1nn(Cc2ccc(Cl)cc2)c(C)c1CNC(C)c1ccccc1N1CCOCC1. The minimum atomic E-state index is 0.234. The third-order valence-corrected chi connectivity index (χ3v) is 6.37. The largest absolute Gasteiger partial charge is 0.378 e. The lowest BCUT2D eigenvalue weighted by atomic mass is 10.0. The topological polar surface area (TPSA) is 42.3 Å². The number of benzene rings is 2. The van der Waals surface area contributed by atoms with Gasteiger partial charge in [0.25, 0.3) is 0 Å². The van der Waals surface area contributed by atoms with Gasteiger partial charge in [0.2, 0.25) is 0 Å². The second-order valence-corrected chi connectivity index (χ2v) is 8.63. The average molecular weight is 439 g/mol. The second kappa shape index (κ2) is 9.86. The molecular weight excluding hydrogens is 408 g/mol. The zero-order valence-corrected chi connectivity index (χ0v) is 19.3. The molecule has 0 amide bonds. The van der Waals surface area contributed by atoms with E-state index in [-0.39, 0.29) is 6.04 Å². The molecule has 1 fully saturated rings. The van der Waals surface area contributed by atoms with Crippen molar-refractivity contribution in [2.45, 2.75) is 39.9 Å². The third kappa shape index (κ3) is 5.12. The Morgan fingerprint density at radius 2 is 1.77 bits per heavy atom. The van der Waals surface area contributed by atoms with Crippen molar-refractivity contribution in [3.05, 3.63) is 81.6 Å². The van der Waals surface area contributed by atoms with Crippen molar-refractivity contribution >= 4 is 17.3 Å². The number of halogens is 1. The Bertz CT molecular complexity index is 1010. The molecule has 31 heavy (non-hydrogen) atoms. The molecule has 1 aliphatic rings. The first-order valence-corrected chi connectivity index (χ1v) is 11.3. The van der Waals surface area contributed by atoms with Gasteiger partial charge in [-0.15, -0.1) is 0 Å². The van der Waals surface area contributed by atoms with Crippen LogP contribution in [0.3, 0.4) is 0 Å². The van der Waals surface area contributed by atoms with Gasteiger partial charge in [-0.2, -0.15) is 5.10 Å². The van der Waals surface area contributed by atoms with Gasteiger partial charge >= 0.3 is 0 Å². The van der Waals surface area contributed by atoms with E-state index in [2.05, 4.69) is 72.1 Å². The number of nitrogens with zero attached hydrogens (tertiary/aromatic N) is 3. The van der Waals surface area contributed by atoms with E-state index in [4.69, 9.17) is 21.4 Å². The van der Waals surface area contributed by atoms with E-state index < -0.39 is 0 Å². The lowest BCUT2D eigenvalue weighted by Gasteiger charge is -2.32. The van der Waals surface area contributed by atoms with E-state index in [1.165, 1.54) is 28.1 Å². The monoisotopic (exact) mass is 438 g/mol. The second-order valence-electron chi connectivity index (χ2n) is 8.19. The summed E-state index contributed by atoms with van der Waals surface area (Å²) in [4.78, 5) is 2.43. The molecule has 1 aliphatic heterocycles. The summed E-state index contributed by atoms with van der Waals surface area (Å²) >= 11 is 6.02. The molecular formula is C25H31ClN4O. The number of nitrogens with one attached hydrogen (secondary N) is 1. The summed E-state index contributed by atoms with van der Waals surface area (Å²) < 4.78 is 7.62. The highest BCUT2D eigenvalue weighted by molar-refractivity contribution is 6.30. The van der Waals surface area contributed by atoms with Crippen LogP contribution in [0.25, 0.3) is 0 Å². The fourth-order valence-corrected chi connectivity index (χ4v) is 4.34. The summed E-state index contributed by atoms with van der Waals surface area (Å²) in [6.45, 7) is 11.5. The molecule has 0 saturated carbocycles. The maximum atomic E-state index is 6.02. The van der Waals surface area contributed by atoms with Crippen molar-refractivity contribution in [3.63, 3.8) is 0 Å². The van der Waals surface area contributed by atoms with Crippen LogP contribution >= 0.6 is 11.6 Å². The quantitative estimate of drug-likeness (QED) is 0.570. The molecule has 0 bridgehead atoms. The zero-order chi connectivity index (χ0) is 21.8. The Morgan fingerprint density at radius 3 is 2.52 bits per heavy atom. The first-order chi connectivity index (χ1) is 15.0. The lowest BCUT2D eigenvalue weighted by Crippen LogP contribution is -2.37. The predicted octanol–water partition coefficient (Wildman–Crippen LogP) is 4.89. The number of aryl methyl sites for hydroxylation is 1. The zero-order valence-electron chi connectivity index (χ0n) is 18.6. The van der Waals surface area contributed by atoms with E-state index >= 15 is 0 Å². The number of aromatic nitrogens is 2. The molecule has 164 valence electrons. The minimum Gasteiger partial charge on any atom is -0.378 e. The first-order valence-electron chi connectivity index (χ1n) is 10.9. The molecule has 3 aromatic rings. The fourth-order valence-electron chi connectivity index (χ4n) is 4.22. The molecule has 0 radical (unpaired) electrons. The number of para-hydroxylation sites is 1. The van der Waals surface area contributed by atoms with Crippen LogP contribution in [0.2, 0.25) is 5.02 Å². The van der Waals surface area contributed by atoms with Crippen molar-refractivity contribution < 1.29 is 4.74 Å². The summed E-state index contributed by atoms with van der Waals surface area (Å²) in [5, 5.41) is 9.28. The van der Waals surface area contributed by atoms with Gasteiger partial charge in [-0.25, -0.2) is 0 Å². The highest BCUT2D eigenvalue weighted by atomic mass is 35.5. The minimum absolute atomic E-state index is 0.234. The molecule has 4 rings (SSSR count). The molecule has 2 heterocycles. The van der Waals surface area contributed by atoms with Crippen LogP contribution in [0.5, 0.6) is 0 Å². The summed E-state index contributed by atoms with van der Waals surface area (Å²) in [6, 6.07) is 16.9. The molecule has 1 atom stereocenters. The van der Waals surface area contributed by atoms with E-state index in [0.717, 1.165) is 50.1 Å². The Labute approximate surface area is 190 Å². The molecule has 1 aromatic heterocycles. The van der Waals surface area contributed by atoms with E-state index in [1.807, 2.05) is 12.1 Å². The highest BCUT2D eigenvalue weighted by Crippen LogP contribution is 2.27. The summed E-state index contributed by atoms with van der Waals surface area (Å²) in [7, 11) is 0. The molecule has 0 spiro atoms. The Morgan fingerprint density at radius 1 is 1.06 bits per heavy atom. The Kier molecular flexibility index (Phi) is 6.96. The number of morpholine rings is 1. The Hall–Kier alpha value is -2.34. The molecule has 1 unspecified atom stereocenters. The van der Waals surface area contributed by atoms with Crippen LogP contribution in [0.4, 0.5) is 5.69 Å². The Balaban J connectivity index is 1.46. The van der Waals surface area contributed by atoms with Crippen molar-refractivity contribution in [2.24, 2.45) is 0 Å². The van der Waals surface area contributed by atoms with Gasteiger partial charge < -0.3 is 15.0 Å². The van der Waals surface area contributed by atoms with Gasteiger partial charge in [0, 0.05) is 47.6 Å². The maximum Gasteiger partial charge on any atom is 0.0662 e. The van der Waals surface area contributed by atoms with Gasteiger partial charge in [-0.1, -0.05) is 41.9 Å². The van der Waals surface area contributed by atoms with Crippen LogP contribution in [-0.4, -0.2) is 36.1 Å². The summed E-state index contributed by atoms with van der Waals surface area (Å²) in [6.07, 6.45) is 0. The molecule has 2 aromatic carbocycles. The number of ether oxygens (including phenoxy) is 1. The van der Waals surface area contributed by atoms with Gasteiger partial charge in [0.05, 0.1) is 25.5 Å². The molecule has 5 nitrogen and oxygen atoms in total. The smallest absolute Gasteiger partial charge is 0.0662 e. The number of anilines is 1. The normalized spacial score (nSPS) is 15.3. The highest BCUT2D eigenvalue weighted by Gasteiger charge is 2.19. The lowest BCUT2D eigenvalue weighted by molar-refractivity contribution is 0.122. The van der Waals surface area contributed by atoms with Crippen LogP contribution in [0.15, 0.2) is 48.5 Å². The van der Waals surface area contributed by atoms with Crippen molar-refractivity contribution in [1.29, 1.82) is 0 Å². The maximum absolute atomic E-state index is 6.02. The van der Waals surface area contributed by atoms with Crippen LogP contribution in [0.1, 0.15) is 41.0 Å². The van der Waals surface area contributed by atoms with Crippen molar-refractivity contribution in [1.82, 2.24) is 15.1 Å². The van der Waals surface area contributed by atoms with Gasteiger partial charge in [0.1, 0.15) is 0 Å². The fraction of sp³-hybridized carbons (Fsp3) is 0.400. The predicted molar refractivity (Wildman–Crippen MR) is 127 cm³/mol. The summed E-state index contributed by atoms with van der Waals surface area (Å²) in [5.74, 6) is 0.